The highest BCUT2D eigenvalue weighted by atomic mass is 32.2. The van der Waals surface area contributed by atoms with E-state index in [0.29, 0.717) is 19.6 Å². The number of nitrogens with zero attached hydrogens (tertiary/aromatic N) is 2. The molecule has 0 bridgehead atoms. The van der Waals surface area contributed by atoms with Gasteiger partial charge in [-0.2, -0.15) is 4.31 Å². The molecule has 1 N–H and O–H groups in total. The van der Waals surface area contributed by atoms with Crippen LogP contribution in [-0.2, 0) is 16.6 Å². The maximum Gasteiger partial charge on any atom is 0.215 e. The highest BCUT2D eigenvalue weighted by molar-refractivity contribution is 7.89. The Morgan fingerprint density at radius 2 is 2.35 bits per heavy atom. The number of nitrogens with one attached hydrogen (secondary N) is 1. The Hall–Kier alpha value is -0.980. The van der Waals surface area contributed by atoms with E-state index in [-0.39, 0.29) is 11.8 Å². The average molecular weight is 255 g/mol. The van der Waals surface area contributed by atoms with Crippen molar-refractivity contribution in [3.63, 3.8) is 0 Å². The third kappa shape index (κ3) is 3.24. The smallest absolute Gasteiger partial charge is 0.215 e. The van der Waals surface area contributed by atoms with Gasteiger partial charge in [-0.3, -0.25) is 4.98 Å². The number of rotatable bonds is 2. The monoisotopic (exact) mass is 255 g/mol. The summed E-state index contributed by atoms with van der Waals surface area (Å²) in [6, 6.07) is 5.72. The first kappa shape index (κ1) is 12.5. The molecule has 2 rings (SSSR count). The molecule has 6 heteroatoms. The molecule has 1 aliphatic heterocycles. The molecule has 94 valence electrons. The minimum absolute atomic E-state index is 0.157. The summed E-state index contributed by atoms with van der Waals surface area (Å²) in [5.74, 6) is 0.157. The van der Waals surface area contributed by atoms with Crippen LogP contribution in [0.4, 0.5) is 0 Å². The second kappa shape index (κ2) is 5.12. The predicted molar refractivity (Wildman–Crippen MR) is 65.9 cm³/mol. The van der Waals surface area contributed by atoms with Crippen molar-refractivity contribution >= 4 is 10.0 Å². The zero-order chi connectivity index (χ0) is 12.3. The first-order chi connectivity index (χ1) is 8.08. The van der Waals surface area contributed by atoms with Crippen molar-refractivity contribution in [2.24, 2.45) is 0 Å². The molecule has 0 aromatic carbocycles. The average Bonchev–Trinajstić information content (AvgIpc) is 2.40. The summed E-state index contributed by atoms with van der Waals surface area (Å²) in [4.78, 5) is 4.17. The lowest BCUT2D eigenvalue weighted by Crippen LogP contribution is -2.37. The van der Waals surface area contributed by atoms with E-state index in [1.165, 1.54) is 4.31 Å². The van der Waals surface area contributed by atoms with Gasteiger partial charge in [0.05, 0.1) is 18.0 Å². The van der Waals surface area contributed by atoms with Gasteiger partial charge >= 0.3 is 0 Å². The lowest BCUT2D eigenvalue weighted by molar-refractivity contribution is 0.374. The lowest BCUT2D eigenvalue weighted by Gasteiger charge is -2.21. The quantitative estimate of drug-likeness (QED) is 0.820. The summed E-state index contributed by atoms with van der Waals surface area (Å²) in [5.41, 5.74) is 0.783. The zero-order valence-corrected chi connectivity index (χ0v) is 10.7. The van der Waals surface area contributed by atoms with Gasteiger partial charge in [0.15, 0.2) is 0 Å². The first-order valence-corrected chi connectivity index (χ1v) is 7.30. The van der Waals surface area contributed by atoms with E-state index in [1.807, 2.05) is 25.1 Å². The van der Waals surface area contributed by atoms with Crippen LogP contribution in [0.5, 0.6) is 0 Å². The van der Waals surface area contributed by atoms with Crippen LogP contribution in [0.3, 0.4) is 0 Å². The summed E-state index contributed by atoms with van der Waals surface area (Å²) in [5, 5.41) is 3.17. The molecular weight excluding hydrogens is 238 g/mol. The minimum Gasteiger partial charge on any atom is -0.312 e. The fourth-order valence-corrected chi connectivity index (χ4v) is 3.30. The fourth-order valence-electron chi connectivity index (χ4n) is 1.88. The van der Waals surface area contributed by atoms with E-state index in [1.54, 1.807) is 6.20 Å². The molecule has 2 heterocycles. The molecule has 0 saturated carbocycles. The van der Waals surface area contributed by atoms with E-state index in [4.69, 9.17) is 0 Å². The Balaban J connectivity index is 2.17. The van der Waals surface area contributed by atoms with Gasteiger partial charge in [0.2, 0.25) is 10.0 Å². The summed E-state index contributed by atoms with van der Waals surface area (Å²) in [6.07, 6.45) is 1.68. The molecule has 1 aromatic rings. The van der Waals surface area contributed by atoms with E-state index in [9.17, 15) is 8.42 Å². The standard InChI is InChI=1S/C11H17N3O2S/c1-10-8-14(17(15,16)7-6-12-10)9-11-4-2-3-5-13-11/h2-5,10,12H,6-9H2,1H3. The van der Waals surface area contributed by atoms with Gasteiger partial charge in [0.25, 0.3) is 0 Å². The molecule has 0 amide bonds. The van der Waals surface area contributed by atoms with Gasteiger partial charge < -0.3 is 5.32 Å². The van der Waals surface area contributed by atoms with Crippen molar-refractivity contribution in [1.29, 1.82) is 0 Å². The van der Waals surface area contributed by atoms with Gasteiger partial charge in [-0.1, -0.05) is 6.07 Å². The predicted octanol–water partition coefficient (Wildman–Crippen LogP) is 0.205. The highest BCUT2D eigenvalue weighted by Gasteiger charge is 2.27. The number of sulfonamides is 1. The fraction of sp³-hybridized carbons (Fsp3) is 0.545. The van der Waals surface area contributed by atoms with Crippen molar-refractivity contribution < 1.29 is 8.42 Å². The normalized spacial score (nSPS) is 25.4. The molecule has 1 aliphatic rings. The van der Waals surface area contributed by atoms with Crippen LogP contribution < -0.4 is 5.32 Å². The van der Waals surface area contributed by atoms with Crippen molar-refractivity contribution in [2.75, 3.05) is 18.8 Å². The summed E-state index contributed by atoms with van der Waals surface area (Å²) in [7, 11) is -3.16. The van der Waals surface area contributed by atoms with E-state index in [0.717, 1.165) is 5.69 Å². The minimum atomic E-state index is -3.16. The molecule has 1 unspecified atom stereocenters. The van der Waals surface area contributed by atoms with Gasteiger partial charge in [-0.05, 0) is 19.1 Å². The van der Waals surface area contributed by atoms with Crippen LogP contribution in [-0.4, -0.2) is 42.6 Å². The molecule has 0 spiro atoms. The maximum atomic E-state index is 12.0. The summed E-state index contributed by atoms with van der Waals surface area (Å²) in [6.45, 7) is 3.36. The van der Waals surface area contributed by atoms with E-state index >= 15 is 0 Å². The molecule has 0 radical (unpaired) electrons. The van der Waals surface area contributed by atoms with Crippen LogP contribution in [0.2, 0.25) is 0 Å². The molecule has 5 nitrogen and oxygen atoms in total. The topological polar surface area (TPSA) is 62.3 Å². The lowest BCUT2D eigenvalue weighted by atomic mass is 10.3. The Morgan fingerprint density at radius 1 is 1.53 bits per heavy atom. The van der Waals surface area contributed by atoms with Crippen LogP contribution in [0.25, 0.3) is 0 Å². The van der Waals surface area contributed by atoms with E-state index in [2.05, 4.69) is 10.3 Å². The summed E-state index contributed by atoms with van der Waals surface area (Å²) < 4.78 is 25.5. The van der Waals surface area contributed by atoms with Crippen LogP contribution in [0.15, 0.2) is 24.4 Å². The number of aromatic nitrogens is 1. The van der Waals surface area contributed by atoms with Crippen LogP contribution >= 0.6 is 0 Å². The SMILES string of the molecule is CC1CN(Cc2ccccn2)S(=O)(=O)CCN1. The molecule has 17 heavy (non-hydrogen) atoms. The Kier molecular flexibility index (Phi) is 3.76. The summed E-state index contributed by atoms with van der Waals surface area (Å²) >= 11 is 0. The van der Waals surface area contributed by atoms with Gasteiger partial charge in [-0.25, -0.2) is 8.42 Å². The number of hydrogen-bond acceptors (Lipinski definition) is 4. The van der Waals surface area contributed by atoms with E-state index < -0.39 is 10.0 Å². The third-order valence-corrected chi connectivity index (χ3v) is 4.57. The molecular formula is C11H17N3O2S. The Bertz CT molecular complexity index is 461. The highest BCUT2D eigenvalue weighted by Crippen LogP contribution is 2.11. The molecule has 1 atom stereocenters. The number of pyridine rings is 1. The van der Waals surface area contributed by atoms with Gasteiger partial charge in [0, 0.05) is 25.3 Å². The first-order valence-electron chi connectivity index (χ1n) is 5.69. The Labute approximate surface area is 102 Å². The third-order valence-electron chi connectivity index (χ3n) is 2.79. The van der Waals surface area contributed by atoms with Crippen molar-refractivity contribution in [3.8, 4) is 0 Å². The second-order valence-corrected chi connectivity index (χ2v) is 6.37. The molecule has 1 aromatic heterocycles. The zero-order valence-electron chi connectivity index (χ0n) is 9.83. The largest absolute Gasteiger partial charge is 0.312 e. The second-order valence-electron chi connectivity index (χ2n) is 4.28. The van der Waals surface area contributed by atoms with Crippen LogP contribution in [0.1, 0.15) is 12.6 Å². The van der Waals surface area contributed by atoms with Crippen molar-refractivity contribution in [2.45, 2.75) is 19.5 Å². The maximum absolute atomic E-state index is 12.0. The molecule has 1 saturated heterocycles. The molecule has 1 fully saturated rings. The van der Waals surface area contributed by atoms with Crippen molar-refractivity contribution in [3.05, 3.63) is 30.1 Å². The van der Waals surface area contributed by atoms with Gasteiger partial charge in [-0.15, -0.1) is 0 Å². The van der Waals surface area contributed by atoms with Crippen molar-refractivity contribution in [1.82, 2.24) is 14.6 Å². The number of hydrogen-bond donors (Lipinski definition) is 1. The Morgan fingerprint density at radius 3 is 3.06 bits per heavy atom. The van der Waals surface area contributed by atoms with Gasteiger partial charge in [0.1, 0.15) is 0 Å². The van der Waals surface area contributed by atoms with Crippen LogP contribution in [0, 0.1) is 0 Å². The molecule has 0 aliphatic carbocycles.